The lowest BCUT2D eigenvalue weighted by Gasteiger charge is -2.45. The number of benzene rings is 1. The van der Waals surface area contributed by atoms with E-state index in [-0.39, 0.29) is 6.61 Å². The molecule has 3 rings (SSSR count). The molecule has 0 bridgehead atoms. The van der Waals surface area contributed by atoms with Crippen molar-refractivity contribution in [2.24, 2.45) is 16.0 Å². The Bertz CT molecular complexity index is 891. The van der Waals surface area contributed by atoms with Crippen molar-refractivity contribution in [3.8, 4) is 0 Å². The van der Waals surface area contributed by atoms with Crippen LogP contribution in [0.15, 0.2) is 35.5 Å². The molecule has 0 radical (unpaired) electrons. The minimum absolute atomic E-state index is 0.254. The summed E-state index contributed by atoms with van der Waals surface area (Å²) < 4.78 is 24.4. The van der Waals surface area contributed by atoms with Gasteiger partial charge in [0.25, 0.3) is 0 Å². The van der Waals surface area contributed by atoms with E-state index in [1.165, 1.54) is 11.8 Å². The van der Waals surface area contributed by atoms with Gasteiger partial charge in [-0.25, -0.2) is 4.79 Å². The molecule has 0 spiro atoms. The highest BCUT2D eigenvalue weighted by atomic mass is 32.2. The van der Waals surface area contributed by atoms with Gasteiger partial charge in [0.15, 0.2) is 12.4 Å². The normalized spacial score (nSPS) is 28.8. The molecule has 2 aliphatic heterocycles. The van der Waals surface area contributed by atoms with Crippen molar-refractivity contribution in [1.29, 1.82) is 0 Å². The van der Waals surface area contributed by atoms with Gasteiger partial charge in [-0.1, -0.05) is 42.4 Å². The van der Waals surface area contributed by atoms with E-state index in [1.807, 2.05) is 37.3 Å². The number of thioether (sulfide) groups is 1. The van der Waals surface area contributed by atoms with Crippen LogP contribution < -0.4 is 0 Å². The molecule has 0 N–H and O–H groups in total. The van der Waals surface area contributed by atoms with E-state index in [2.05, 4.69) is 5.16 Å². The number of esters is 1. The number of hydrogen-bond acceptors (Lipinski definition) is 9. The molecule has 5 atom stereocenters. The quantitative estimate of drug-likeness (QED) is 0.337. The second-order valence-corrected chi connectivity index (χ2v) is 11.7. The lowest BCUT2D eigenvalue weighted by Crippen LogP contribution is -2.61. The number of oxime groups is 1. The average molecular weight is 494 g/mol. The van der Waals surface area contributed by atoms with Crippen LogP contribution in [0, 0.1) is 10.8 Å². The lowest BCUT2D eigenvalue weighted by atomic mass is 9.95. The summed E-state index contributed by atoms with van der Waals surface area (Å²) in [6, 6.07) is 9.51. The first-order chi connectivity index (χ1) is 15.9. The Morgan fingerprint density at radius 2 is 1.68 bits per heavy atom. The summed E-state index contributed by atoms with van der Waals surface area (Å²) in [6.45, 7) is 12.8. The number of hydrogen-bond donors (Lipinski definition) is 0. The van der Waals surface area contributed by atoms with E-state index in [9.17, 15) is 9.59 Å². The highest BCUT2D eigenvalue weighted by Gasteiger charge is 2.51. The standard InChI is InChI=1S/C25H35NO7S/c1-8-34-21-17(26-33-23(28)25(5,6)7)19(32-22(27)24(2,3)4)18-16(30-21)14-29-20(31-18)15-12-10-9-11-13-15/h9-13,16,18-21H,8,14H2,1-7H3/b26-17-/t16-,18-,19-,20-,21-/m1/s1. The van der Waals surface area contributed by atoms with Crippen LogP contribution in [0.25, 0.3) is 0 Å². The number of nitrogens with zero attached hydrogens (tertiary/aromatic N) is 1. The fourth-order valence-electron chi connectivity index (χ4n) is 3.27. The molecule has 1 aromatic carbocycles. The predicted molar refractivity (Wildman–Crippen MR) is 129 cm³/mol. The minimum Gasteiger partial charge on any atom is -0.453 e. The summed E-state index contributed by atoms with van der Waals surface area (Å²) in [7, 11) is 0. The van der Waals surface area contributed by atoms with Crippen LogP contribution in [0.5, 0.6) is 0 Å². The molecular weight excluding hydrogens is 458 g/mol. The molecular formula is C25H35NO7S. The number of ether oxygens (including phenoxy) is 4. The zero-order valence-electron chi connectivity index (χ0n) is 20.9. The van der Waals surface area contributed by atoms with Gasteiger partial charge in [-0.3, -0.25) is 4.79 Å². The van der Waals surface area contributed by atoms with Crippen LogP contribution in [0.2, 0.25) is 0 Å². The summed E-state index contributed by atoms with van der Waals surface area (Å²) in [6.07, 6.45) is -2.74. The number of carbonyl (C=O) groups excluding carboxylic acids is 2. The molecule has 2 fully saturated rings. The van der Waals surface area contributed by atoms with Crippen LogP contribution in [-0.4, -0.2) is 53.8 Å². The second-order valence-electron chi connectivity index (χ2n) is 10.4. The highest BCUT2D eigenvalue weighted by molar-refractivity contribution is 8.00. The summed E-state index contributed by atoms with van der Waals surface area (Å²) >= 11 is 1.46. The fraction of sp³-hybridized carbons (Fsp3) is 0.640. The zero-order valence-corrected chi connectivity index (χ0v) is 21.7. The first-order valence-electron chi connectivity index (χ1n) is 11.5. The van der Waals surface area contributed by atoms with Crippen molar-refractivity contribution in [2.75, 3.05) is 12.4 Å². The molecule has 34 heavy (non-hydrogen) atoms. The maximum atomic E-state index is 12.9. The van der Waals surface area contributed by atoms with Crippen LogP contribution in [0.3, 0.4) is 0 Å². The number of fused-ring (bicyclic) bond motifs is 1. The molecule has 188 valence electrons. The molecule has 0 aromatic heterocycles. The zero-order chi connectivity index (χ0) is 25.1. The maximum Gasteiger partial charge on any atom is 0.340 e. The average Bonchev–Trinajstić information content (AvgIpc) is 2.77. The van der Waals surface area contributed by atoms with Crippen molar-refractivity contribution in [3.63, 3.8) is 0 Å². The molecule has 0 amide bonds. The smallest absolute Gasteiger partial charge is 0.340 e. The lowest BCUT2D eigenvalue weighted by molar-refractivity contribution is -0.286. The van der Waals surface area contributed by atoms with Crippen molar-refractivity contribution in [3.05, 3.63) is 35.9 Å². The van der Waals surface area contributed by atoms with Crippen LogP contribution in [-0.2, 0) is 33.4 Å². The van der Waals surface area contributed by atoms with E-state index in [1.54, 1.807) is 41.5 Å². The molecule has 2 saturated heterocycles. The largest absolute Gasteiger partial charge is 0.453 e. The maximum absolute atomic E-state index is 12.9. The Morgan fingerprint density at radius 3 is 2.26 bits per heavy atom. The van der Waals surface area contributed by atoms with Gasteiger partial charge < -0.3 is 23.8 Å². The Hall–Kier alpha value is -1.94. The van der Waals surface area contributed by atoms with Crippen LogP contribution >= 0.6 is 11.8 Å². The minimum atomic E-state index is -0.905. The van der Waals surface area contributed by atoms with E-state index in [0.29, 0.717) is 11.5 Å². The van der Waals surface area contributed by atoms with Gasteiger partial charge in [0, 0.05) is 5.56 Å². The highest BCUT2D eigenvalue weighted by Crippen LogP contribution is 2.37. The summed E-state index contributed by atoms with van der Waals surface area (Å²) in [4.78, 5) is 30.7. The third-order valence-electron chi connectivity index (χ3n) is 5.27. The summed E-state index contributed by atoms with van der Waals surface area (Å²) in [5.74, 6) is -0.208. The SMILES string of the molecule is CCS[C@H]1O[C@@H]2CO[C@@H](c3ccccc3)O[C@H]2[C@H](OC(=O)C(C)(C)C)/C1=N/OC(=O)C(C)(C)C. The topological polar surface area (TPSA) is 92.7 Å². The van der Waals surface area contributed by atoms with Gasteiger partial charge in [0.2, 0.25) is 0 Å². The van der Waals surface area contributed by atoms with Crippen LogP contribution in [0.4, 0.5) is 0 Å². The van der Waals surface area contributed by atoms with E-state index in [4.69, 9.17) is 23.8 Å². The molecule has 9 heteroatoms. The molecule has 0 aliphatic carbocycles. The van der Waals surface area contributed by atoms with E-state index in [0.717, 1.165) is 5.56 Å². The first-order valence-corrected chi connectivity index (χ1v) is 12.6. The van der Waals surface area contributed by atoms with Crippen molar-refractivity contribution >= 4 is 29.4 Å². The van der Waals surface area contributed by atoms with Gasteiger partial charge in [0.05, 0.1) is 17.4 Å². The number of rotatable bonds is 5. The molecule has 1 aromatic rings. The molecule has 0 saturated carbocycles. The summed E-state index contributed by atoms with van der Waals surface area (Å²) in [5.41, 5.74) is -0.946. The Labute approximate surface area is 205 Å². The van der Waals surface area contributed by atoms with Gasteiger partial charge in [-0.05, 0) is 47.3 Å². The van der Waals surface area contributed by atoms with Crippen molar-refractivity contribution in [2.45, 2.75) is 78.5 Å². The fourth-order valence-corrected chi connectivity index (χ4v) is 4.14. The molecule has 2 aliphatic rings. The molecule has 8 nitrogen and oxygen atoms in total. The Morgan fingerprint density at radius 1 is 1.03 bits per heavy atom. The van der Waals surface area contributed by atoms with Crippen LogP contribution in [0.1, 0.15) is 60.3 Å². The number of carbonyl (C=O) groups is 2. The van der Waals surface area contributed by atoms with E-state index < -0.39 is 52.8 Å². The van der Waals surface area contributed by atoms with Gasteiger partial charge in [0.1, 0.15) is 23.4 Å². The first kappa shape index (κ1) is 26.7. The molecule has 0 unspecified atom stereocenters. The Balaban J connectivity index is 1.97. The third-order valence-corrected chi connectivity index (χ3v) is 6.26. The van der Waals surface area contributed by atoms with E-state index >= 15 is 0 Å². The van der Waals surface area contributed by atoms with Gasteiger partial charge >= 0.3 is 11.9 Å². The predicted octanol–water partition coefficient (Wildman–Crippen LogP) is 4.48. The van der Waals surface area contributed by atoms with Gasteiger partial charge in [-0.2, -0.15) is 0 Å². The monoisotopic (exact) mass is 493 g/mol. The van der Waals surface area contributed by atoms with Crippen molar-refractivity contribution < 1.29 is 33.4 Å². The summed E-state index contributed by atoms with van der Waals surface area (Å²) in [5, 5.41) is 4.18. The molecule has 2 heterocycles. The second kappa shape index (κ2) is 10.8. The Kier molecular flexibility index (Phi) is 8.44. The third kappa shape index (κ3) is 6.38. The van der Waals surface area contributed by atoms with Gasteiger partial charge in [-0.15, -0.1) is 11.8 Å². The van der Waals surface area contributed by atoms with Crippen molar-refractivity contribution in [1.82, 2.24) is 0 Å².